The summed E-state index contributed by atoms with van der Waals surface area (Å²) >= 11 is 0. The second-order valence-corrected chi connectivity index (χ2v) is 6.11. The van der Waals surface area contributed by atoms with Gasteiger partial charge in [0.05, 0.1) is 6.61 Å². The molecule has 0 amide bonds. The van der Waals surface area contributed by atoms with Crippen LogP contribution < -0.4 is 4.74 Å². The lowest BCUT2D eigenvalue weighted by Crippen LogP contribution is -1.97. The second-order valence-electron chi connectivity index (χ2n) is 6.11. The van der Waals surface area contributed by atoms with Crippen LogP contribution in [-0.4, -0.2) is 6.61 Å². The Morgan fingerprint density at radius 2 is 1.24 bits per heavy atom. The average Bonchev–Trinajstić information content (AvgIpc) is 2.67. The molecule has 0 saturated carbocycles. The molecule has 0 aliphatic heterocycles. The summed E-state index contributed by atoms with van der Waals surface area (Å²) < 4.78 is 5.79. The van der Waals surface area contributed by atoms with Crippen LogP contribution in [0.3, 0.4) is 0 Å². The Balaban J connectivity index is 1.76. The normalized spacial score (nSPS) is 9.76. The Bertz CT molecular complexity index is 721. The maximum absolute atomic E-state index is 5.79. The quantitative estimate of drug-likeness (QED) is 0.438. The molecular weight excluding hydrogens is 304 g/mol. The van der Waals surface area contributed by atoms with Crippen LogP contribution in [0.25, 0.3) is 0 Å². The monoisotopic (exact) mass is 330 g/mol. The highest BCUT2D eigenvalue weighted by atomic mass is 16.5. The highest BCUT2D eigenvalue weighted by Crippen LogP contribution is 2.13. The van der Waals surface area contributed by atoms with Crippen molar-refractivity contribution < 1.29 is 4.74 Å². The minimum absolute atomic E-state index is 0.790. The van der Waals surface area contributed by atoms with Gasteiger partial charge in [0.25, 0.3) is 0 Å². The molecule has 0 aromatic heterocycles. The fourth-order valence-electron chi connectivity index (χ4n) is 2.50. The first kappa shape index (κ1) is 18.7. The van der Waals surface area contributed by atoms with Gasteiger partial charge in [0.1, 0.15) is 5.75 Å². The zero-order valence-corrected chi connectivity index (χ0v) is 15.1. The smallest absolute Gasteiger partial charge is 0.119 e. The molecular formula is C24H26O. The predicted octanol–water partition coefficient (Wildman–Crippen LogP) is 5.81. The van der Waals surface area contributed by atoms with Gasteiger partial charge in [-0.15, -0.1) is 6.42 Å². The van der Waals surface area contributed by atoms with Crippen LogP contribution in [0, 0.1) is 24.2 Å². The maximum atomic E-state index is 5.79. The molecule has 128 valence electrons. The molecule has 0 unspecified atom stereocenters. The van der Waals surface area contributed by atoms with E-state index >= 15 is 0 Å². The molecule has 25 heavy (non-hydrogen) atoms. The van der Waals surface area contributed by atoms with Gasteiger partial charge in [-0.2, -0.15) is 0 Å². The van der Waals surface area contributed by atoms with Crippen molar-refractivity contribution in [2.75, 3.05) is 6.61 Å². The van der Waals surface area contributed by atoms with Crippen LogP contribution in [0.1, 0.15) is 62.1 Å². The summed E-state index contributed by atoms with van der Waals surface area (Å²) in [4.78, 5) is 0. The van der Waals surface area contributed by atoms with Crippen LogP contribution >= 0.6 is 0 Å². The fourth-order valence-corrected chi connectivity index (χ4v) is 2.50. The molecule has 0 spiro atoms. The van der Waals surface area contributed by atoms with Crippen LogP contribution in [-0.2, 0) is 0 Å². The standard InChI is InChI=1S/C24H26O/c1-3-5-6-7-8-9-20-25-24-18-16-23(17-19-24)15-14-22-12-10-21(4-2)11-13-22/h2,10-13,16-19H,3,5-9,20H2,1H3. The Hall–Kier alpha value is -2.64. The number of hydrogen-bond donors (Lipinski definition) is 0. The Kier molecular flexibility index (Phi) is 8.23. The van der Waals surface area contributed by atoms with Crippen LogP contribution in [0.4, 0.5) is 0 Å². The first-order valence-electron chi connectivity index (χ1n) is 9.13. The summed E-state index contributed by atoms with van der Waals surface area (Å²) in [6.07, 6.45) is 13.0. The van der Waals surface area contributed by atoms with Crippen LogP contribution in [0.15, 0.2) is 48.5 Å². The number of hydrogen-bond acceptors (Lipinski definition) is 1. The number of benzene rings is 2. The summed E-state index contributed by atoms with van der Waals surface area (Å²) in [5, 5.41) is 0. The van der Waals surface area contributed by atoms with E-state index in [4.69, 9.17) is 11.2 Å². The van der Waals surface area contributed by atoms with Crippen molar-refractivity contribution >= 4 is 0 Å². The molecule has 0 heterocycles. The molecule has 1 heteroatoms. The lowest BCUT2D eigenvalue weighted by atomic mass is 10.1. The van der Waals surface area contributed by atoms with Gasteiger partial charge < -0.3 is 4.74 Å². The molecule has 2 aromatic carbocycles. The van der Waals surface area contributed by atoms with E-state index in [2.05, 4.69) is 24.7 Å². The van der Waals surface area contributed by atoms with Crippen molar-refractivity contribution in [3.63, 3.8) is 0 Å². The molecule has 0 N–H and O–H groups in total. The van der Waals surface area contributed by atoms with E-state index in [1.807, 2.05) is 48.5 Å². The van der Waals surface area contributed by atoms with Gasteiger partial charge >= 0.3 is 0 Å². The highest BCUT2D eigenvalue weighted by molar-refractivity contribution is 5.46. The SMILES string of the molecule is C#Cc1ccc(C#Cc2ccc(OCCCCCCCC)cc2)cc1. The van der Waals surface area contributed by atoms with Gasteiger partial charge in [-0.1, -0.05) is 56.8 Å². The molecule has 1 nitrogen and oxygen atoms in total. The van der Waals surface area contributed by atoms with Crippen molar-refractivity contribution in [3.05, 3.63) is 65.2 Å². The third-order valence-electron chi connectivity index (χ3n) is 4.02. The molecule has 0 aliphatic rings. The van der Waals surface area contributed by atoms with Crippen molar-refractivity contribution in [3.8, 4) is 29.9 Å². The van der Waals surface area contributed by atoms with Crippen LogP contribution in [0.2, 0.25) is 0 Å². The molecule has 0 atom stereocenters. The second kappa shape index (κ2) is 11.0. The van der Waals surface area contributed by atoms with Crippen molar-refractivity contribution in [1.82, 2.24) is 0 Å². The molecule has 2 rings (SSSR count). The minimum Gasteiger partial charge on any atom is -0.494 e. The van der Waals surface area contributed by atoms with Gasteiger partial charge in [-0.3, -0.25) is 0 Å². The summed E-state index contributed by atoms with van der Waals surface area (Å²) in [6, 6.07) is 15.7. The Labute approximate surface area is 152 Å². The van der Waals surface area contributed by atoms with Gasteiger partial charge in [0.2, 0.25) is 0 Å². The van der Waals surface area contributed by atoms with Gasteiger partial charge in [0, 0.05) is 16.7 Å². The number of unbranched alkanes of at least 4 members (excludes halogenated alkanes) is 5. The van der Waals surface area contributed by atoms with E-state index in [1.165, 1.54) is 32.1 Å². The van der Waals surface area contributed by atoms with E-state index in [0.717, 1.165) is 35.5 Å². The average molecular weight is 330 g/mol. The lowest BCUT2D eigenvalue weighted by molar-refractivity contribution is 0.304. The minimum atomic E-state index is 0.790. The first-order valence-corrected chi connectivity index (χ1v) is 9.13. The lowest BCUT2D eigenvalue weighted by Gasteiger charge is -2.06. The third-order valence-corrected chi connectivity index (χ3v) is 4.02. The fraction of sp³-hybridized carbons (Fsp3) is 0.333. The Morgan fingerprint density at radius 1 is 0.720 bits per heavy atom. The van der Waals surface area contributed by atoms with E-state index in [-0.39, 0.29) is 0 Å². The topological polar surface area (TPSA) is 9.23 Å². The summed E-state index contributed by atoms with van der Waals surface area (Å²) in [6.45, 7) is 3.03. The maximum Gasteiger partial charge on any atom is 0.119 e. The molecule has 0 aliphatic carbocycles. The summed E-state index contributed by atoms with van der Waals surface area (Å²) in [7, 11) is 0. The summed E-state index contributed by atoms with van der Waals surface area (Å²) in [5.74, 6) is 9.83. The number of ether oxygens (including phenoxy) is 1. The van der Waals surface area contributed by atoms with Crippen molar-refractivity contribution in [2.45, 2.75) is 45.4 Å². The van der Waals surface area contributed by atoms with E-state index in [9.17, 15) is 0 Å². The molecule has 0 saturated heterocycles. The van der Waals surface area contributed by atoms with Gasteiger partial charge in [-0.25, -0.2) is 0 Å². The van der Waals surface area contributed by atoms with Gasteiger partial charge in [0.15, 0.2) is 0 Å². The number of rotatable bonds is 8. The predicted molar refractivity (Wildman–Crippen MR) is 106 cm³/mol. The van der Waals surface area contributed by atoms with E-state index < -0.39 is 0 Å². The molecule has 0 fully saturated rings. The van der Waals surface area contributed by atoms with E-state index in [0.29, 0.717) is 0 Å². The molecule has 2 aromatic rings. The molecule has 0 bridgehead atoms. The third kappa shape index (κ3) is 7.19. The van der Waals surface area contributed by atoms with Crippen molar-refractivity contribution in [2.24, 2.45) is 0 Å². The highest BCUT2D eigenvalue weighted by Gasteiger charge is 1.95. The molecule has 0 radical (unpaired) electrons. The zero-order chi connectivity index (χ0) is 17.7. The summed E-state index contributed by atoms with van der Waals surface area (Å²) in [5.41, 5.74) is 2.81. The number of terminal acetylenes is 1. The largest absolute Gasteiger partial charge is 0.494 e. The first-order chi connectivity index (χ1) is 12.3. The zero-order valence-electron chi connectivity index (χ0n) is 15.1. The van der Waals surface area contributed by atoms with Gasteiger partial charge in [-0.05, 0) is 55.0 Å². The van der Waals surface area contributed by atoms with Crippen molar-refractivity contribution in [1.29, 1.82) is 0 Å². The van der Waals surface area contributed by atoms with Crippen LogP contribution in [0.5, 0.6) is 5.75 Å². The van der Waals surface area contributed by atoms with E-state index in [1.54, 1.807) is 0 Å². The Morgan fingerprint density at radius 3 is 1.84 bits per heavy atom.